The van der Waals surface area contributed by atoms with Crippen molar-refractivity contribution < 1.29 is 5.11 Å². The van der Waals surface area contributed by atoms with Crippen LogP contribution in [0.1, 0.15) is 26.2 Å². The molecule has 0 saturated carbocycles. The third-order valence-corrected chi connectivity index (χ3v) is 3.07. The molecule has 2 rings (SSSR count). The summed E-state index contributed by atoms with van der Waals surface area (Å²) in [5, 5.41) is 12.7. The number of nitrogens with two attached hydrogens (primary N) is 1. The zero-order chi connectivity index (χ0) is 13.0. The van der Waals surface area contributed by atoms with E-state index in [-0.39, 0.29) is 12.1 Å². The lowest BCUT2D eigenvalue weighted by molar-refractivity contribution is 0.145. The maximum Gasteiger partial charge on any atom is 0.223 e. The van der Waals surface area contributed by atoms with Crippen molar-refractivity contribution in [1.82, 2.24) is 9.97 Å². The van der Waals surface area contributed by atoms with Crippen molar-refractivity contribution in [3.8, 4) is 0 Å². The molecule has 1 aromatic heterocycles. The highest BCUT2D eigenvalue weighted by Gasteiger charge is 2.19. The summed E-state index contributed by atoms with van der Waals surface area (Å²) in [6, 6.07) is 1.92. The Balaban J connectivity index is 2.09. The zero-order valence-corrected chi connectivity index (χ0v) is 10.8. The molecule has 0 spiro atoms. The predicted molar refractivity (Wildman–Crippen MR) is 72.7 cm³/mol. The molecule has 0 aliphatic carbocycles. The van der Waals surface area contributed by atoms with Crippen molar-refractivity contribution in [2.45, 2.75) is 32.3 Å². The van der Waals surface area contributed by atoms with Crippen LogP contribution in [0.5, 0.6) is 0 Å². The van der Waals surface area contributed by atoms with Crippen LogP contribution >= 0.6 is 0 Å². The third kappa shape index (κ3) is 3.22. The van der Waals surface area contributed by atoms with Gasteiger partial charge in [0.15, 0.2) is 0 Å². The highest BCUT2D eigenvalue weighted by atomic mass is 16.3. The number of aromatic nitrogens is 2. The molecule has 0 atom stereocenters. The zero-order valence-electron chi connectivity index (χ0n) is 10.8. The standard InChI is InChI=1S/C12H21N5O/c1-2-5-14-10-8-11(16-12(13)15-10)17-6-3-9(18)4-7-17/h8-9,18H,2-7H2,1H3,(H3,13,14,15,16). The first-order chi connectivity index (χ1) is 8.69. The maximum absolute atomic E-state index is 9.50. The lowest BCUT2D eigenvalue weighted by Crippen LogP contribution is -2.36. The van der Waals surface area contributed by atoms with E-state index in [0.29, 0.717) is 0 Å². The first kappa shape index (κ1) is 12.9. The molecule has 0 radical (unpaired) electrons. The first-order valence-corrected chi connectivity index (χ1v) is 6.50. The van der Waals surface area contributed by atoms with Crippen LogP contribution in [-0.2, 0) is 0 Å². The molecule has 1 aliphatic heterocycles. The Hall–Kier alpha value is -1.56. The first-order valence-electron chi connectivity index (χ1n) is 6.50. The molecule has 1 aromatic rings. The van der Waals surface area contributed by atoms with Gasteiger partial charge in [0, 0.05) is 25.7 Å². The van der Waals surface area contributed by atoms with Gasteiger partial charge < -0.3 is 21.1 Å². The Morgan fingerprint density at radius 1 is 1.44 bits per heavy atom. The summed E-state index contributed by atoms with van der Waals surface area (Å²) in [5.41, 5.74) is 5.73. The van der Waals surface area contributed by atoms with Gasteiger partial charge >= 0.3 is 0 Å². The van der Waals surface area contributed by atoms with E-state index in [0.717, 1.165) is 50.5 Å². The van der Waals surface area contributed by atoms with Crippen molar-refractivity contribution in [2.75, 3.05) is 35.6 Å². The van der Waals surface area contributed by atoms with Gasteiger partial charge in [-0.05, 0) is 19.3 Å². The van der Waals surface area contributed by atoms with Crippen LogP contribution < -0.4 is 16.0 Å². The van der Waals surface area contributed by atoms with E-state index in [2.05, 4.69) is 27.1 Å². The molecule has 0 aromatic carbocycles. The van der Waals surface area contributed by atoms with Crippen molar-refractivity contribution in [1.29, 1.82) is 0 Å². The highest BCUT2D eigenvalue weighted by Crippen LogP contribution is 2.21. The average Bonchev–Trinajstić information content (AvgIpc) is 2.36. The molecule has 0 unspecified atom stereocenters. The van der Waals surface area contributed by atoms with Crippen LogP contribution in [0, 0.1) is 0 Å². The third-order valence-electron chi connectivity index (χ3n) is 3.07. The van der Waals surface area contributed by atoms with Gasteiger partial charge in [-0.3, -0.25) is 0 Å². The molecule has 1 aliphatic rings. The lowest BCUT2D eigenvalue weighted by Gasteiger charge is -2.30. The second kappa shape index (κ2) is 5.86. The summed E-state index contributed by atoms with van der Waals surface area (Å²) in [7, 11) is 0. The van der Waals surface area contributed by atoms with Gasteiger partial charge in [-0.25, -0.2) is 0 Å². The molecule has 1 saturated heterocycles. The number of anilines is 3. The fourth-order valence-corrected chi connectivity index (χ4v) is 2.05. The fourth-order valence-electron chi connectivity index (χ4n) is 2.05. The number of piperidine rings is 1. The minimum absolute atomic E-state index is 0.182. The van der Waals surface area contributed by atoms with Gasteiger partial charge in [0.2, 0.25) is 5.95 Å². The topological polar surface area (TPSA) is 87.3 Å². The molecule has 2 heterocycles. The van der Waals surface area contributed by atoms with Crippen LogP contribution in [-0.4, -0.2) is 40.8 Å². The van der Waals surface area contributed by atoms with Crippen molar-refractivity contribution in [2.24, 2.45) is 0 Å². The van der Waals surface area contributed by atoms with E-state index in [1.165, 1.54) is 0 Å². The second-order valence-corrected chi connectivity index (χ2v) is 4.61. The summed E-state index contributed by atoms with van der Waals surface area (Å²) in [5.74, 6) is 1.90. The van der Waals surface area contributed by atoms with Gasteiger partial charge in [0.25, 0.3) is 0 Å². The monoisotopic (exact) mass is 251 g/mol. The van der Waals surface area contributed by atoms with E-state index in [9.17, 15) is 5.11 Å². The van der Waals surface area contributed by atoms with Crippen LogP contribution in [0.4, 0.5) is 17.6 Å². The second-order valence-electron chi connectivity index (χ2n) is 4.61. The molecule has 100 valence electrons. The van der Waals surface area contributed by atoms with Crippen molar-refractivity contribution in [3.05, 3.63) is 6.07 Å². The Morgan fingerprint density at radius 3 is 2.83 bits per heavy atom. The largest absolute Gasteiger partial charge is 0.393 e. The highest BCUT2D eigenvalue weighted by molar-refractivity contribution is 5.52. The van der Waals surface area contributed by atoms with Gasteiger partial charge in [-0.1, -0.05) is 6.92 Å². The summed E-state index contributed by atoms with van der Waals surface area (Å²) < 4.78 is 0. The number of nitrogens with zero attached hydrogens (tertiary/aromatic N) is 3. The van der Waals surface area contributed by atoms with Crippen molar-refractivity contribution in [3.63, 3.8) is 0 Å². The Kier molecular flexibility index (Phi) is 4.19. The number of nitrogens with one attached hydrogen (secondary N) is 1. The maximum atomic E-state index is 9.50. The molecule has 1 fully saturated rings. The van der Waals surface area contributed by atoms with Gasteiger partial charge in [0.05, 0.1) is 6.10 Å². The smallest absolute Gasteiger partial charge is 0.223 e. The SMILES string of the molecule is CCCNc1cc(N2CCC(O)CC2)nc(N)n1. The lowest BCUT2D eigenvalue weighted by atomic mass is 10.1. The van der Waals surface area contributed by atoms with Crippen LogP contribution in [0.3, 0.4) is 0 Å². The minimum Gasteiger partial charge on any atom is -0.393 e. The van der Waals surface area contributed by atoms with E-state index in [1.54, 1.807) is 0 Å². The Bertz CT molecular complexity index is 390. The van der Waals surface area contributed by atoms with E-state index in [4.69, 9.17) is 5.73 Å². The molecule has 0 amide bonds. The van der Waals surface area contributed by atoms with E-state index < -0.39 is 0 Å². The molecule has 4 N–H and O–H groups in total. The molecular formula is C12H21N5O. The average molecular weight is 251 g/mol. The van der Waals surface area contributed by atoms with Crippen LogP contribution in [0.25, 0.3) is 0 Å². The number of rotatable bonds is 4. The number of aliphatic hydroxyl groups is 1. The van der Waals surface area contributed by atoms with Gasteiger partial charge in [-0.2, -0.15) is 9.97 Å². The molecule has 6 heteroatoms. The number of hydrogen-bond donors (Lipinski definition) is 3. The molecule has 18 heavy (non-hydrogen) atoms. The molecule has 0 bridgehead atoms. The van der Waals surface area contributed by atoms with Gasteiger partial charge in [0.1, 0.15) is 11.6 Å². The molecule has 6 nitrogen and oxygen atoms in total. The summed E-state index contributed by atoms with van der Waals surface area (Å²) in [4.78, 5) is 10.6. The number of nitrogen functional groups attached to an aromatic ring is 1. The van der Waals surface area contributed by atoms with Crippen molar-refractivity contribution >= 4 is 17.6 Å². The van der Waals surface area contributed by atoms with Crippen LogP contribution in [0.15, 0.2) is 6.07 Å². The van der Waals surface area contributed by atoms with E-state index >= 15 is 0 Å². The number of hydrogen-bond acceptors (Lipinski definition) is 6. The quantitative estimate of drug-likeness (QED) is 0.735. The van der Waals surface area contributed by atoms with Gasteiger partial charge in [-0.15, -0.1) is 0 Å². The Labute approximate surface area is 107 Å². The van der Waals surface area contributed by atoms with Crippen LogP contribution in [0.2, 0.25) is 0 Å². The number of aliphatic hydroxyl groups excluding tert-OH is 1. The summed E-state index contributed by atoms with van der Waals surface area (Å²) in [6.45, 7) is 4.59. The summed E-state index contributed by atoms with van der Waals surface area (Å²) >= 11 is 0. The molecular weight excluding hydrogens is 230 g/mol. The van der Waals surface area contributed by atoms with E-state index in [1.807, 2.05) is 6.07 Å². The fraction of sp³-hybridized carbons (Fsp3) is 0.667. The summed E-state index contributed by atoms with van der Waals surface area (Å²) in [6.07, 6.45) is 2.41. The Morgan fingerprint density at radius 2 is 2.17 bits per heavy atom. The predicted octanol–water partition coefficient (Wildman–Crippen LogP) is 0.842. The minimum atomic E-state index is -0.182. The normalized spacial score (nSPS) is 16.9.